The van der Waals surface area contributed by atoms with Gasteiger partial charge in [-0.2, -0.15) is 0 Å². The summed E-state index contributed by atoms with van der Waals surface area (Å²) >= 11 is 0. The second kappa shape index (κ2) is 8.14. The number of aryl methyl sites for hydroxylation is 1. The lowest BCUT2D eigenvalue weighted by atomic mass is 10.1. The number of nitrogens with one attached hydrogen (secondary N) is 1. The number of aromatic nitrogens is 4. The van der Waals surface area contributed by atoms with Crippen molar-refractivity contribution >= 4 is 5.82 Å². The first-order valence-corrected chi connectivity index (χ1v) is 9.15. The largest absolute Gasteiger partial charge is 0.468 e. The Hall–Kier alpha value is -2.67. The minimum atomic E-state index is 0.849. The molecule has 4 heterocycles. The van der Waals surface area contributed by atoms with E-state index in [4.69, 9.17) is 4.42 Å². The molecule has 1 N–H and O–H groups in total. The number of rotatable bonds is 7. The number of imidazole rings is 1. The van der Waals surface area contributed by atoms with Gasteiger partial charge in [-0.1, -0.05) is 0 Å². The molecule has 0 atom stereocenters. The monoisotopic (exact) mass is 352 g/mol. The summed E-state index contributed by atoms with van der Waals surface area (Å²) in [5.74, 6) is 2.00. The Bertz CT molecular complexity index is 800. The average molecular weight is 352 g/mol. The fourth-order valence-electron chi connectivity index (χ4n) is 3.39. The van der Waals surface area contributed by atoms with Gasteiger partial charge in [0.25, 0.3) is 0 Å². The Morgan fingerprint density at radius 1 is 1.19 bits per heavy atom. The number of hydrogen-bond acceptors (Lipinski definition) is 6. The third kappa shape index (κ3) is 4.11. The summed E-state index contributed by atoms with van der Waals surface area (Å²) in [6, 6.07) is 3.98. The molecule has 0 amide bonds. The van der Waals surface area contributed by atoms with E-state index in [0.29, 0.717) is 0 Å². The van der Waals surface area contributed by atoms with Crippen molar-refractivity contribution in [2.45, 2.75) is 32.4 Å². The van der Waals surface area contributed by atoms with Crippen LogP contribution in [0.25, 0.3) is 0 Å². The minimum Gasteiger partial charge on any atom is -0.468 e. The van der Waals surface area contributed by atoms with Gasteiger partial charge in [-0.3, -0.25) is 4.90 Å². The van der Waals surface area contributed by atoms with E-state index in [-0.39, 0.29) is 0 Å². The van der Waals surface area contributed by atoms with E-state index in [9.17, 15) is 0 Å². The zero-order chi connectivity index (χ0) is 17.6. The van der Waals surface area contributed by atoms with Gasteiger partial charge in [0.15, 0.2) is 0 Å². The van der Waals surface area contributed by atoms with Gasteiger partial charge in [0, 0.05) is 50.6 Å². The summed E-state index contributed by atoms with van der Waals surface area (Å²) in [7, 11) is 0. The summed E-state index contributed by atoms with van der Waals surface area (Å²) in [4.78, 5) is 15.5. The lowest BCUT2D eigenvalue weighted by Gasteiger charge is -2.17. The molecule has 0 unspecified atom stereocenters. The Morgan fingerprint density at radius 3 is 3.00 bits per heavy atom. The van der Waals surface area contributed by atoms with Gasteiger partial charge >= 0.3 is 0 Å². The first-order valence-electron chi connectivity index (χ1n) is 9.15. The molecular weight excluding hydrogens is 328 g/mol. The summed E-state index contributed by atoms with van der Waals surface area (Å²) in [5.41, 5.74) is 2.43. The summed E-state index contributed by atoms with van der Waals surface area (Å²) < 4.78 is 7.58. The molecule has 0 spiro atoms. The molecule has 4 rings (SSSR count). The maximum atomic E-state index is 5.49. The standard InChI is InChI=1S/C19H24N6O/c1-3-16(26-12-1)13-24-9-4-17-18(5-10-24)22-14-23-19(17)21-6-2-8-25-11-7-20-15-25/h1,3,7,11-12,14-15H,2,4-6,8-10,13H2,(H,21,22,23). The van der Waals surface area contributed by atoms with Crippen LogP contribution in [0.3, 0.4) is 0 Å². The Balaban J connectivity index is 1.34. The SMILES string of the molecule is c1coc(CN2CCc3ncnc(NCCCn4ccnc4)c3CC2)c1. The maximum absolute atomic E-state index is 5.49. The van der Waals surface area contributed by atoms with Crippen molar-refractivity contribution in [2.24, 2.45) is 0 Å². The number of nitrogens with zero attached hydrogens (tertiary/aromatic N) is 5. The van der Waals surface area contributed by atoms with E-state index in [1.807, 2.05) is 30.9 Å². The van der Waals surface area contributed by atoms with Crippen LogP contribution in [0.15, 0.2) is 47.9 Å². The molecule has 0 aliphatic carbocycles. The van der Waals surface area contributed by atoms with Crippen LogP contribution >= 0.6 is 0 Å². The van der Waals surface area contributed by atoms with Gasteiger partial charge in [0.05, 0.1) is 24.8 Å². The lowest BCUT2D eigenvalue weighted by Crippen LogP contribution is -2.25. The Kier molecular flexibility index (Phi) is 5.25. The zero-order valence-electron chi connectivity index (χ0n) is 14.8. The molecule has 1 aliphatic rings. The minimum absolute atomic E-state index is 0.849. The topological polar surface area (TPSA) is 72.0 Å². The highest BCUT2D eigenvalue weighted by atomic mass is 16.3. The average Bonchev–Trinajstić information content (AvgIpc) is 3.32. The van der Waals surface area contributed by atoms with E-state index >= 15 is 0 Å². The van der Waals surface area contributed by atoms with Crippen LogP contribution in [0.2, 0.25) is 0 Å². The zero-order valence-corrected chi connectivity index (χ0v) is 14.8. The molecule has 136 valence electrons. The fourth-order valence-corrected chi connectivity index (χ4v) is 3.39. The molecule has 7 heteroatoms. The lowest BCUT2D eigenvalue weighted by molar-refractivity contribution is 0.255. The number of fused-ring (bicyclic) bond motifs is 1. The van der Waals surface area contributed by atoms with Gasteiger partial charge in [0.2, 0.25) is 0 Å². The summed E-state index contributed by atoms with van der Waals surface area (Å²) in [6.45, 7) is 4.67. The Morgan fingerprint density at radius 2 is 2.15 bits per heavy atom. The van der Waals surface area contributed by atoms with Crippen molar-refractivity contribution in [3.8, 4) is 0 Å². The molecule has 0 fully saturated rings. The Labute approximate surface area is 153 Å². The summed E-state index contributed by atoms with van der Waals surface area (Å²) in [5, 5.41) is 3.50. The first kappa shape index (κ1) is 16.8. The number of hydrogen-bond donors (Lipinski definition) is 1. The fraction of sp³-hybridized carbons (Fsp3) is 0.421. The van der Waals surface area contributed by atoms with E-state index in [0.717, 1.165) is 63.6 Å². The van der Waals surface area contributed by atoms with Crippen molar-refractivity contribution in [2.75, 3.05) is 25.0 Å². The van der Waals surface area contributed by atoms with Crippen molar-refractivity contribution in [1.82, 2.24) is 24.4 Å². The molecule has 26 heavy (non-hydrogen) atoms. The van der Waals surface area contributed by atoms with Gasteiger partial charge in [-0.25, -0.2) is 15.0 Å². The highest BCUT2D eigenvalue weighted by Crippen LogP contribution is 2.21. The summed E-state index contributed by atoms with van der Waals surface area (Å²) in [6.07, 6.45) is 12.0. The third-order valence-electron chi connectivity index (χ3n) is 4.78. The van der Waals surface area contributed by atoms with Crippen LogP contribution in [-0.2, 0) is 25.9 Å². The molecule has 0 bridgehead atoms. The van der Waals surface area contributed by atoms with Crippen LogP contribution in [0.4, 0.5) is 5.82 Å². The van der Waals surface area contributed by atoms with Crippen LogP contribution in [-0.4, -0.2) is 44.1 Å². The van der Waals surface area contributed by atoms with Crippen LogP contribution in [0.1, 0.15) is 23.4 Å². The van der Waals surface area contributed by atoms with Gasteiger partial charge in [-0.15, -0.1) is 0 Å². The van der Waals surface area contributed by atoms with Crippen molar-refractivity contribution in [3.05, 3.63) is 60.5 Å². The second-order valence-corrected chi connectivity index (χ2v) is 6.58. The molecular formula is C19H24N6O. The van der Waals surface area contributed by atoms with Crippen LogP contribution in [0, 0.1) is 0 Å². The van der Waals surface area contributed by atoms with Gasteiger partial charge in [-0.05, 0) is 25.0 Å². The molecule has 0 saturated heterocycles. The van der Waals surface area contributed by atoms with Gasteiger partial charge in [0.1, 0.15) is 17.9 Å². The van der Waals surface area contributed by atoms with Gasteiger partial charge < -0.3 is 14.3 Å². The van der Waals surface area contributed by atoms with Crippen LogP contribution < -0.4 is 5.32 Å². The molecule has 0 saturated carbocycles. The van der Waals surface area contributed by atoms with Crippen molar-refractivity contribution in [1.29, 1.82) is 0 Å². The highest BCUT2D eigenvalue weighted by molar-refractivity contribution is 5.46. The molecule has 7 nitrogen and oxygen atoms in total. The number of anilines is 1. The maximum Gasteiger partial charge on any atom is 0.132 e. The van der Waals surface area contributed by atoms with Crippen LogP contribution in [0.5, 0.6) is 0 Å². The van der Waals surface area contributed by atoms with E-state index in [1.54, 1.807) is 12.6 Å². The third-order valence-corrected chi connectivity index (χ3v) is 4.78. The van der Waals surface area contributed by atoms with E-state index < -0.39 is 0 Å². The van der Waals surface area contributed by atoms with E-state index in [1.165, 1.54) is 11.3 Å². The highest BCUT2D eigenvalue weighted by Gasteiger charge is 2.19. The second-order valence-electron chi connectivity index (χ2n) is 6.58. The van der Waals surface area contributed by atoms with Crippen molar-refractivity contribution in [3.63, 3.8) is 0 Å². The molecule has 3 aromatic heterocycles. The van der Waals surface area contributed by atoms with Crippen molar-refractivity contribution < 1.29 is 4.42 Å². The quantitative estimate of drug-likeness (QED) is 0.658. The predicted octanol–water partition coefficient (Wildman–Crippen LogP) is 2.37. The molecule has 3 aromatic rings. The first-order chi connectivity index (χ1) is 12.9. The number of furan rings is 1. The predicted molar refractivity (Wildman–Crippen MR) is 98.8 cm³/mol. The smallest absolute Gasteiger partial charge is 0.132 e. The molecule has 1 aliphatic heterocycles. The normalized spacial score (nSPS) is 14.8. The van der Waals surface area contributed by atoms with E-state index in [2.05, 4.69) is 29.7 Å². The molecule has 0 aromatic carbocycles. The molecule has 0 radical (unpaired) electrons.